The molecule has 0 aromatic heterocycles. The number of hydrogen-bond acceptors (Lipinski definition) is 4. The molecule has 136 valence electrons. The van der Waals surface area contributed by atoms with Gasteiger partial charge in [-0.15, -0.1) is 0 Å². The van der Waals surface area contributed by atoms with Gasteiger partial charge in [-0.05, 0) is 50.5 Å². The van der Waals surface area contributed by atoms with Crippen LogP contribution >= 0.6 is 0 Å². The van der Waals surface area contributed by atoms with Crippen LogP contribution in [0.2, 0.25) is 0 Å². The first-order valence-corrected chi connectivity index (χ1v) is 10.0. The molecule has 6 nitrogen and oxygen atoms in total. The molecule has 1 amide bonds. The predicted octanol–water partition coefficient (Wildman–Crippen LogP) is 2.22. The maximum Gasteiger partial charge on any atom is 0.243 e. The molecule has 1 heterocycles. The fourth-order valence-corrected chi connectivity index (χ4v) is 4.44. The first-order chi connectivity index (χ1) is 11.8. The summed E-state index contributed by atoms with van der Waals surface area (Å²) in [5.74, 6) is -0.0174. The largest absolute Gasteiger partial charge is 0.343 e. The molecular weight excluding hydrogens is 338 g/mol. The molecule has 7 heteroatoms. The second-order valence-corrected chi connectivity index (χ2v) is 8.46. The molecule has 0 bridgehead atoms. The number of sulfonamides is 1. The Balaban J connectivity index is 2.03. The van der Waals surface area contributed by atoms with Gasteiger partial charge in [0.25, 0.3) is 0 Å². The second-order valence-electron chi connectivity index (χ2n) is 6.52. The third-order valence-electron chi connectivity index (χ3n) is 5.02. The highest BCUT2D eigenvalue weighted by molar-refractivity contribution is 7.89. The lowest BCUT2D eigenvalue weighted by molar-refractivity contribution is -0.137. The Hall–Kier alpha value is -1.91. The lowest BCUT2D eigenvalue weighted by atomic mass is 9.96. The maximum atomic E-state index is 12.7. The summed E-state index contributed by atoms with van der Waals surface area (Å²) in [6, 6.07) is 8.09. The number of carbonyl (C=O) groups is 1. The zero-order valence-corrected chi connectivity index (χ0v) is 15.8. The van der Waals surface area contributed by atoms with Crippen LogP contribution in [0.4, 0.5) is 0 Å². The van der Waals surface area contributed by atoms with Crippen molar-refractivity contribution in [1.29, 1.82) is 5.26 Å². The summed E-state index contributed by atoms with van der Waals surface area (Å²) < 4.78 is 26.8. The van der Waals surface area contributed by atoms with Crippen molar-refractivity contribution in [3.05, 3.63) is 29.8 Å². The number of hydrogen-bond donors (Lipinski definition) is 0. The number of benzene rings is 1. The molecule has 1 fully saturated rings. The summed E-state index contributed by atoms with van der Waals surface area (Å²) >= 11 is 0. The van der Waals surface area contributed by atoms with E-state index in [0.29, 0.717) is 31.5 Å². The summed E-state index contributed by atoms with van der Waals surface area (Å²) in [4.78, 5) is 14.5. The topological polar surface area (TPSA) is 81.5 Å². The maximum absolute atomic E-state index is 12.7. The highest BCUT2D eigenvalue weighted by atomic mass is 32.2. The predicted molar refractivity (Wildman–Crippen MR) is 95.2 cm³/mol. The average Bonchev–Trinajstić information content (AvgIpc) is 2.66. The monoisotopic (exact) mass is 363 g/mol. The summed E-state index contributed by atoms with van der Waals surface area (Å²) in [5, 5.41) is 8.82. The molecule has 1 unspecified atom stereocenters. The Labute approximate surface area is 150 Å². The van der Waals surface area contributed by atoms with E-state index in [1.54, 1.807) is 4.90 Å². The minimum Gasteiger partial charge on any atom is -0.343 e. The number of rotatable bonds is 5. The van der Waals surface area contributed by atoms with Gasteiger partial charge in [-0.25, -0.2) is 8.42 Å². The number of piperidine rings is 1. The molecular formula is C18H25N3O3S. The normalized spacial score (nSPS) is 17.7. The van der Waals surface area contributed by atoms with Crippen LogP contribution in [0.3, 0.4) is 0 Å². The smallest absolute Gasteiger partial charge is 0.243 e. The van der Waals surface area contributed by atoms with Gasteiger partial charge in [-0.1, -0.05) is 6.92 Å². The molecule has 2 rings (SSSR count). The van der Waals surface area contributed by atoms with Gasteiger partial charge in [0.15, 0.2) is 0 Å². The fourth-order valence-electron chi connectivity index (χ4n) is 2.97. The van der Waals surface area contributed by atoms with Crippen LogP contribution in [0.1, 0.15) is 38.7 Å². The van der Waals surface area contributed by atoms with E-state index in [-0.39, 0.29) is 22.8 Å². The Bertz CT molecular complexity index is 745. The van der Waals surface area contributed by atoms with Crippen LogP contribution in [0, 0.1) is 17.2 Å². The van der Waals surface area contributed by atoms with E-state index in [1.807, 2.05) is 27.0 Å². The van der Waals surface area contributed by atoms with E-state index in [0.717, 1.165) is 6.42 Å². The second kappa shape index (κ2) is 7.98. The Morgan fingerprint density at radius 3 is 2.36 bits per heavy atom. The molecule has 0 radical (unpaired) electrons. The summed E-state index contributed by atoms with van der Waals surface area (Å²) in [6.07, 6.45) is 1.97. The molecule has 0 saturated carbocycles. The van der Waals surface area contributed by atoms with Gasteiger partial charge >= 0.3 is 0 Å². The molecule has 0 spiro atoms. The Morgan fingerprint density at radius 1 is 1.32 bits per heavy atom. The van der Waals surface area contributed by atoms with E-state index in [1.165, 1.54) is 28.6 Å². The van der Waals surface area contributed by atoms with Crippen molar-refractivity contribution >= 4 is 15.9 Å². The van der Waals surface area contributed by atoms with Gasteiger partial charge in [0.2, 0.25) is 15.9 Å². The number of nitrogens with zero attached hydrogens (tertiary/aromatic N) is 3. The summed E-state index contributed by atoms with van der Waals surface area (Å²) in [6.45, 7) is 4.74. The standard InChI is InChI=1S/C18H25N3O3S/c1-4-14(2)20(3)18(22)16-9-11-21(12-10-16)25(23,24)17-7-5-15(13-19)6-8-17/h5-8,14,16H,4,9-12H2,1-3H3. The quantitative estimate of drug-likeness (QED) is 0.803. The molecule has 0 N–H and O–H groups in total. The fraction of sp³-hybridized carbons (Fsp3) is 0.556. The van der Waals surface area contributed by atoms with Gasteiger partial charge in [-0.2, -0.15) is 9.57 Å². The first-order valence-electron chi connectivity index (χ1n) is 8.58. The van der Waals surface area contributed by atoms with E-state index >= 15 is 0 Å². The van der Waals surface area contributed by atoms with Crippen LogP contribution in [0.25, 0.3) is 0 Å². The Morgan fingerprint density at radius 2 is 1.88 bits per heavy atom. The summed E-state index contributed by atoms with van der Waals surface area (Å²) in [5.41, 5.74) is 0.427. The molecule has 1 saturated heterocycles. The van der Waals surface area contributed by atoms with E-state index in [2.05, 4.69) is 0 Å². The number of nitriles is 1. The van der Waals surface area contributed by atoms with Gasteiger partial charge in [-0.3, -0.25) is 4.79 Å². The molecule has 1 aromatic carbocycles. The van der Waals surface area contributed by atoms with Crippen molar-refractivity contribution in [2.24, 2.45) is 5.92 Å². The molecule has 25 heavy (non-hydrogen) atoms. The van der Waals surface area contributed by atoms with Crippen molar-refractivity contribution in [3.63, 3.8) is 0 Å². The van der Waals surface area contributed by atoms with Crippen LogP contribution < -0.4 is 0 Å². The van der Waals surface area contributed by atoms with Gasteiger partial charge in [0.1, 0.15) is 0 Å². The molecule has 1 aliphatic rings. The average molecular weight is 363 g/mol. The van der Waals surface area contributed by atoms with Crippen LogP contribution in [0.15, 0.2) is 29.2 Å². The third kappa shape index (κ3) is 4.20. The minimum absolute atomic E-state index is 0.102. The lowest BCUT2D eigenvalue weighted by Gasteiger charge is -2.34. The molecule has 1 aromatic rings. The molecule has 0 aliphatic carbocycles. The van der Waals surface area contributed by atoms with Gasteiger partial charge in [0, 0.05) is 32.1 Å². The SMILES string of the molecule is CCC(C)N(C)C(=O)C1CCN(S(=O)(=O)c2ccc(C#N)cc2)CC1. The van der Waals surface area contributed by atoms with Gasteiger partial charge < -0.3 is 4.90 Å². The first kappa shape index (κ1) is 19.4. The van der Waals surface area contributed by atoms with Crippen molar-refractivity contribution in [2.75, 3.05) is 20.1 Å². The van der Waals surface area contributed by atoms with Crippen molar-refractivity contribution in [2.45, 2.75) is 44.0 Å². The number of carbonyl (C=O) groups excluding carboxylic acids is 1. The van der Waals surface area contributed by atoms with E-state index in [9.17, 15) is 13.2 Å². The van der Waals surface area contributed by atoms with Crippen LogP contribution in [-0.2, 0) is 14.8 Å². The highest BCUT2D eigenvalue weighted by Gasteiger charge is 2.33. The van der Waals surface area contributed by atoms with Crippen molar-refractivity contribution in [3.8, 4) is 6.07 Å². The van der Waals surface area contributed by atoms with Crippen molar-refractivity contribution in [1.82, 2.24) is 9.21 Å². The zero-order valence-electron chi connectivity index (χ0n) is 15.0. The lowest BCUT2D eigenvalue weighted by Crippen LogP contribution is -2.45. The third-order valence-corrected chi connectivity index (χ3v) is 6.94. The van der Waals surface area contributed by atoms with Crippen LogP contribution in [0.5, 0.6) is 0 Å². The van der Waals surface area contributed by atoms with Crippen LogP contribution in [-0.4, -0.2) is 49.7 Å². The zero-order chi connectivity index (χ0) is 18.6. The molecule has 1 aliphatic heterocycles. The summed E-state index contributed by atoms with van der Waals surface area (Å²) in [7, 11) is -1.76. The molecule has 1 atom stereocenters. The van der Waals surface area contributed by atoms with E-state index in [4.69, 9.17) is 5.26 Å². The number of amides is 1. The van der Waals surface area contributed by atoms with Gasteiger partial charge in [0.05, 0.1) is 16.5 Å². The minimum atomic E-state index is -3.58. The van der Waals surface area contributed by atoms with E-state index < -0.39 is 10.0 Å². The van der Waals surface area contributed by atoms with Crippen molar-refractivity contribution < 1.29 is 13.2 Å². The highest BCUT2D eigenvalue weighted by Crippen LogP contribution is 2.25. The Kier molecular flexibility index (Phi) is 6.20.